The lowest BCUT2D eigenvalue weighted by molar-refractivity contribution is -0.0341. The van der Waals surface area contributed by atoms with Gasteiger partial charge >= 0.3 is 0 Å². The minimum atomic E-state index is 0.0846. The van der Waals surface area contributed by atoms with Crippen LogP contribution in [0.25, 0.3) is 10.9 Å². The highest BCUT2D eigenvalue weighted by molar-refractivity contribution is 5.79. The van der Waals surface area contributed by atoms with Gasteiger partial charge in [0.15, 0.2) is 0 Å². The molecular weight excluding hydrogens is 338 g/mol. The van der Waals surface area contributed by atoms with Crippen molar-refractivity contribution in [3.63, 3.8) is 0 Å². The Labute approximate surface area is 160 Å². The van der Waals surface area contributed by atoms with Crippen molar-refractivity contribution >= 4 is 16.7 Å². The smallest absolute Gasteiger partial charge is 0.137 e. The van der Waals surface area contributed by atoms with Crippen molar-refractivity contribution in [1.82, 2.24) is 19.9 Å². The number of pyridine rings is 1. The third-order valence-corrected chi connectivity index (χ3v) is 5.17. The molecule has 3 aromatic rings. The van der Waals surface area contributed by atoms with Crippen molar-refractivity contribution in [2.45, 2.75) is 18.9 Å². The van der Waals surface area contributed by atoms with Crippen LogP contribution in [0.4, 0.5) is 5.82 Å². The number of hydrogen-bond donors (Lipinski definition) is 2. The Morgan fingerprint density at radius 2 is 2.11 bits per heavy atom. The number of benzene rings is 1. The first-order valence-corrected chi connectivity index (χ1v) is 9.70. The Morgan fingerprint density at radius 1 is 1.19 bits per heavy atom. The molecule has 27 heavy (non-hydrogen) atoms. The van der Waals surface area contributed by atoms with E-state index < -0.39 is 0 Å². The summed E-state index contributed by atoms with van der Waals surface area (Å²) < 4.78 is 8.10. The molecule has 2 N–H and O–H groups in total. The van der Waals surface area contributed by atoms with E-state index in [2.05, 4.69) is 37.3 Å². The molecule has 6 nitrogen and oxygen atoms in total. The van der Waals surface area contributed by atoms with Crippen LogP contribution in [0, 0.1) is 5.92 Å². The Hall–Kier alpha value is -2.44. The zero-order chi connectivity index (χ0) is 18.5. The summed E-state index contributed by atoms with van der Waals surface area (Å²) in [5.74, 6) is 2.40. The average molecular weight is 365 g/mol. The maximum absolute atomic E-state index is 6.03. The van der Waals surface area contributed by atoms with E-state index in [1.54, 1.807) is 0 Å². The molecule has 6 heteroatoms. The van der Waals surface area contributed by atoms with Gasteiger partial charge in [0.05, 0.1) is 5.52 Å². The first kappa shape index (κ1) is 17.9. The van der Waals surface area contributed by atoms with Crippen molar-refractivity contribution in [2.24, 2.45) is 13.0 Å². The van der Waals surface area contributed by atoms with Crippen LogP contribution in [0.5, 0.6) is 0 Å². The van der Waals surface area contributed by atoms with Gasteiger partial charge in [0.1, 0.15) is 17.7 Å². The van der Waals surface area contributed by atoms with Crippen molar-refractivity contribution < 1.29 is 4.74 Å². The number of fused-ring (bicyclic) bond motifs is 1. The number of nitrogens with zero attached hydrogens (tertiary/aromatic N) is 3. The van der Waals surface area contributed by atoms with Gasteiger partial charge < -0.3 is 19.9 Å². The van der Waals surface area contributed by atoms with Crippen LogP contribution in [0.15, 0.2) is 48.8 Å². The van der Waals surface area contributed by atoms with E-state index in [9.17, 15) is 0 Å². The molecule has 1 aromatic carbocycles. The second-order valence-electron chi connectivity index (χ2n) is 7.11. The maximum Gasteiger partial charge on any atom is 0.137 e. The van der Waals surface area contributed by atoms with E-state index in [4.69, 9.17) is 4.74 Å². The van der Waals surface area contributed by atoms with Gasteiger partial charge in [0.25, 0.3) is 0 Å². The molecule has 0 radical (unpaired) electrons. The number of hydrogen-bond acceptors (Lipinski definition) is 5. The normalized spacial score (nSPS) is 20.0. The zero-order valence-corrected chi connectivity index (χ0v) is 15.8. The van der Waals surface area contributed by atoms with Crippen LogP contribution >= 0.6 is 0 Å². The van der Waals surface area contributed by atoms with Gasteiger partial charge in [0.2, 0.25) is 0 Å². The summed E-state index contributed by atoms with van der Waals surface area (Å²) >= 11 is 0. The monoisotopic (exact) mass is 365 g/mol. The van der Waals surface area contributed by atoms with Crippen molar-refractivity contribution in [3.05, 3.63) is 54.6 Å². The Bertz CT molecular complexity index is 878. The molecule has 0 aliphatic carbocycles. The summed E-state index contributed by atoms with van der Waals surface area (Å²) in [4.78, 5) is 9.14. The van der Waals surface area contributed by atoms with E-state index in [0.29, 0.717) is 5.92 Å². The number of para-hydroxylation sites is 1. The Balaban J connectivity index is 1.25. The molecule has 0 unspecified atom stereocenters. The van der Waals surface area contributed by atoms with Gasteiger partial charge in [-0.25, -0.2) is 9.97 Å². The van der Waals surface area contributed by atoms with Crippen molar-refractivity contribution in [3.8, 4) is 0 Å². The summed E-state index contributed by atoms with van der Waals surface area (Å²) in [6, 6.07) is 12.3. The molecule has 2 aromatic heterocycles. The zero-order valence-electron chi connectivity index (χ0n) is 15.8. The molecule has 0 bridgehead atoms. The Morgan fingerprint density at radius 3 is 3.00 bits per heavy atom. The standard InChI is InChI=1S/C21H27N5O/c1-26-13-12-24-21(26)20-17(6-4-14-27-20)15-22-10-11-23-19-9-8-16-5-2-3-7-18(16)25-19/h2-3,5,7-9,12-13,17,20,22H,4,6,10-11,14-15H2,1H3,(H,23,25)/t17-,20+/m0/s1. The molecule has 2 atom stereocenters. The highest BCUT2D eigenvalue weighted by atomic mass is 16.5. The molecule has 1 fully saturated rings. The summed E-state index contributed by atoms with van der Waals surface area (Å²) in [5, 5.41) is 8.13. The largest absolute Gasteiger partial charge is 0.370 e. The van der Waals surface area contributed by atoms with Crippen molar-refractivity contribution in [2.75, 3.05) is 31.6 Å². The fraction of sp³-hybridized carbons (Fsp3) is 0.429. The van der Waals surface area contributed by atoms with Gasteiger partial charge in [-0.2, -0.15) is 0 Å². The summed E-state index contributed by atoms with van der Waals surface area (Å²) in [6.45, 7) is 3.48. The second-order valence-corrected chi connectivity index (χ2v) is 7.11. The lowest BCUT2D eigenvalue weighted by Crippen LogP contribution is -2.35. The van der Waals surface area contributed by atoms with E-state index in [-0.39, 0.29) is 6.10 Å². The number of aromatic nitrogens is 3. The minimum Gasteiger partial charge on any atom is -0.370 e. The topological polar surface area (TPSA) is 64.0 Å². The van der Waals surface area contributed by atoms with Gasteiger partial charge in [0, 0.05) is 57.0 Å². The maximum atomic E-state index is 6.03. The van der Waals surface area contributed by atoms with E-state index in [1.165, 1.54) is 11.8 Å². The van der Waals surface area contributed by atoms with Crippen LogP contribution in [0.1, 0.15) is 24.8 Å². The third-order valence-electron chi connectivity index (χ3n) is 5.17. The molecule has 1 aliphatic heterocycles. The highest BCUT2D eigenvalue weighted by Crippen LogP contribution is 2.32. The van der Waals surface area contributed by atoms with E-state index in [0.717, 1.165) is 49.8 Å². The lowest BCUT2D eigenvalue weighted by Gasteiger charge is -2.31. The third kappa shape index (κ3) is 4.28. The van der Waals surface area contributed by atoms with Crippen LogP contribution in [-0.2, 0) is 11.8 Å². The molecule has 0 amide bonds. The van der Waals surface area contributed by atoms with Crippen LogP contribution in [-0.4, -0.2) is 40.8 Å². The quantitative estimate of drug-likeness (QED) is 0.630. The van der Waals surface area contributed by atoms with Gasteiger partial charge in [-0.15, -0.1) is 0 Å². The van der Waals surface area contributed by atoms with Gasteiger partial charge in [-0.3, -0.25) is 0 Å². The SMILES string of the molecule is Cn1ccnc1[C@@H]1OCCC[C@H]1CNCCNc1ccc2ccccc2n1. The summed E-state index contributed by atoms with van der Waals surface area (Å²) in [6.07, 6.45) is 6.20. The fourth-order valence-electron chi connectivity index (χ4n) is 3.72. The minimum absolute atomic E-state index is 0.0846. The number of anilines is 1. The molecule has 1 saturated heterocycles. The number of nitrogens with one attached hydrogen (secondary N) is 2. The molecule has 3 heterocycles. The second kappa shape index (κ2) is 8.50. The van der Waals surface area contributed by atoms with Crippen molar-refractivity contribution in [1.29, 1.82) is 0 Å². The predicted molar refractivity (Wildman–Crippen MR) is 108 cm³/mol. The molecule has 1 aliphatic rings. The molecular formula is C21H27N5O. The van der Waals surface area contributed by atoms with Gasteiger partial charge in [-0.1, -0.05) is 18.2 Å². The first-order chi connectivity index (χ1) is 13.3. The summed E-state index contributed by atoms with van der Waals surface area (Å²) in [5.41, 5.74) is 1.02. The lowest BCUT2D eigenvalue weighted by atomic mass is 9.93. The number of ether oxygens (including phenoxy) is 1. The molecule has 142 valence electrons. The molecule has 0 spiro atoms. The van der Waals surface area contributed by atoms with E-state index in [1.807, 2.05) is 43.7 Å². The molecule has 4 rings (SSSR count). The number of imidazole rings is 1. The summed E-state index contributed by atoms with van der Waals surface area (Å²) in [7, 11) is 2.03. The highest BCUT2D eigenvalue weighted by Gasteiger charge is 2.29. The number of aryl methyl sites for hydroxylation is 1. The fourth-order valence-corrected chi connectivity index (χ4v) is 3.72. The average Bonchev–Trinajstić information content (AvgIpc) is 3.13. The van der Waals surface area contributed by atoms with Gasteiger partial charge in [-0.05, 0) is 31.0 Å². The van der Waals surface area contributed by atoms with Crippen LogP contribution in [0.2, 0.25) is 0 Å². The van der Waals surface area contributed by atoms with E-state index >= 15 is 0 Å². The number of rotatable bonds is 7. The van der Waals surface area contributed by atoms with Crippen LogP contribution < -0.4 is 10.6 Å². The van der Waals surface area contributed by atoms with Crippen LogP contribution in [0.3, 0.4) is 0 Å². The Kier molecular flexibility index (Phi) is 5.65. The molecule has 0 saturated carbocycles. The predicted octanol–water partition coefficient (Wildman–Crippen LogP) is 3.14. The first-order valence-electron chi connectivity index (χ1n) is 9.70.